The average molecular weight is 327 g/mol. The van der Waals surface area contributed by atoms with Crippen molar-refractivity contribution < 1.29 is 9.53 Å². The fraction of sp³-hybridized carbons (Fsp3) is 0.500. The molecule has 4 nitrogen and oxygen atoms in total. The molecule has 0 spiro atoms. The number of ether oxygens (including phenoxy) is 1. The van der Waals surface area contributed by atoms with Crippen LogP contribution in [0.15, 0.2) is 22.7 Å². The van der Waals surface area contributed by atoms with Crippen LogP contribution < -0.4 is 10.1 Å². The molecule has 1 N–H and O–H groups in total. The van der Waals surface area contributed by atoms with E-state index in [1.54, 1.807) is 7.11 Å². The average Bonchev–Trinajstić information content (AvgIpc) is 2.40. The van der Waals surface area contributed by atoms with Crippen molar-refractivity contribution in [3.8, 4) is 5.75 Å². The van der Waals surface area contributed by atoms with E-state index in [0.29, 0.717) is 13.0 Å². The van der Waals surface area contributed by atoms with Gasteiger partial charge in [0.05, 0.1) is 13.7 Å². The predicted octanol–water partition coefficient (Wildman–Crippen LogP) is 1.47. The Labute approximate surface area is 122 Å². The molecule has 0 atom stereocenters. The van der Waals surface area contributed by atoms with Gasteiger partial charge in [-0.15, -0.1) is 0 Å². The lowest BCUT2D eigenvalue weighted by molar-refractivity contribution is -0.119. The molecule has 1 aromatic rings. The zero-order valence-electron chi connectivity index (χ0n) is 11.1. The summed E-state index contributed by atoms with van der Waals surface area (Å²) in [5.74, 6) is 1.01. The van der Waals surface area contributed by atoms with Gasteiger partial charge in [-0.1, -0.05) is 15.9 Å². The first kappa shape index (κ1) is 14.5. The van der Waals surface area contributed by atoms with E-state index in [-0.39, 0.29) is 5.78 Å². The van der Waals surface area contributed by atoms with Gasteiger partial charge in [0.15, 0.2) is 5.78 Å². The van der Waals surface area contributed by atoms with Gasteiger partial charge in [-0.3, -0.25) is 9.69 Å². The second kappa shape index (κ2) is 7.03. The number of hydrogen-bond acceptors (Lipinski definition) is 4. The second-order valence-electron chi connectivity index (χ2n) is 4.70. The molecule has 0 amide bonds. The SMILES string of the molecule is COc1ccc(Br)cc1CC(=O)CN1CCNCC1. The molecule has 0 aliphatic carbocycles. The second-order valence-corrected chi connectivity index (χ2v) is 5.61. The van der Waals surface area contributed by atoms with Gasteiger partial charge >= 0.3 is 0 Å². The molecule has 1 fully saturated rings. The van der Waals surface area contributed by atoms with Crippen LogP contribution >= 0.6 is 15.9 Å². The van der Waals surface area contributed by atoms with Crippen LogP contribution in [0.2, 0.25) is 0 Å². The molecule has 104 valence electrons. The fourth-order valence-corrected chi connectivity index (χ4v) is 2.68. The highest BCUT2D eigenvalue weighted by atomic mass is 79.9. The first-order valence-electron chi connectivity index (χ1n) is 6.46. The summed E-state index contributed by atoms with van der Waals surface area (Å²) in [4.78, 5) is 14.3. The Kier molecular flexibility index (Phi) is 5.36. The van der Waals surface area contributed by atoms with Crippen LogP contribution in [0, 0.1) is 0 Å². The molecule has 5 heteroatoms. The first-order valence-corrected chi connectivity index (χ1v) is 7.25. The number of benzene rings is 1. The lowest BCUT2D eigenvalue weighted by atomic mass is 10.1. The summed E-state index contributed by atoms with van der Waals surface area (Å²) >= 11 is 3.43. The Hall–Kier alpha value is -0.910. The number of nitrogens with one attached hydrogen (secondary N) is 1. The molecule has 0 bridgehead atoms. The zero-order valence-corrected chi connectivity index (χ0v) is 12.7. The molecule has 1 aliphatic rings. The molecular weight excluding hydrogens is 308 g/mol. The van der Waals surface area contributed by atoms with Crippen LogP contribution in [0.1, 0.15) is 5.56 Å². The Morgan fingerprint density at radius 1 is 1.42 bits per heavy atom. The molecule has 0 unspecified atom stereocenters. The van der Waals surface area contributed by atoms with Crippen LogP contribution in [-0.4, -0.2) is 50.5 Å². The van der Waals surface area contributed by atoms with Crippen LogP contribution in [0.4, 0.5) is 0 Å². The van der Waals surface area contributed by atoms with Gasteiger partial charge in [0.25, 0.3) is 0 Å². The third kappa shape index (κ3) is 4.30. The first-order chi connectivity index (χ1) is 9.19. The summed E-state index contributed by atoms with van der Waals surface area (Å²) in [5.41, 5.74) is 0.942. The zero-order chi connectivity index (χ0) is 13.7. The third-order valence-corrected chi connectivity index (χ3v) is 3.73. The van der Waals surface area contributed by atoms with E-state index in [2.05, 4.69) is 26.1 Å². The Bertz CT molecular complexity index is 445. The number of piperazine rings is 1. The van der Waals surface area contributed by atoms with Crippen molar-refractivity contribution in [2.45, 2.75) is 6.42 Å². The number of hydrogen-bond donors (Lipinski definition) is 1. The number of carbonyl (C=O) groups is 1. The maximum Gasteiger partial charge on any atom is 0.151 e. The summed E-state index contributed by atoms with van der Waals surface area (Å²) in [5, 5.41) is 3.28. The largest absolute Gasteiger partial charge is 0.496 e. The van der Waals surface area contributed by atoms with Crippen molar-refractivity contribution >= 4 is 21.7 Å². The quantitative estimate of drug-likeness (QED) is 0.889. The highest BCUT2D eigenvalue weighted by Crippen LogP contribution is 2.23. The van der Waals surface area contributed by atoms with Crippen LogP contribution in [0.5, 0.6) is 5.75 Å². The Morgan fingerprint density at radius 3 is 2.84 bits per heavy atom. The van der Waals surface area contributed by atoms with Crippen molar-refractivity contribution in [1.29, 1.82) is 0 Å². The Morgan fingerprint density at radius 2 is 2.16 bits per heavy atom. The van der Waals surface area contributed by atoms with Crippen molar-refractivity contribution in [2.75, 3.05) is 39.8 Å². The lowest BCUT2D eigenvalue weighted by Crippen LogP contribution is -2.45. The number of carbonyl (C=O) groups excluding carboxylic acids is 1. The van der Waals surface area contributed by atoms with E-state index < -0.39 is 0 Å². The van der Waals surface area contributed by atoms with Gasteiger partial charge in [-0.25, -0.2) is 0 Å². The monoisotopic (exact) mass is 326 g/mol. The van der Waals surface area contributed by atoms with Gasteiger partial charge in [0.1, 0.15) is 5.75 Å². The van der Waals surface area contributed by atoms with Gasteiger partial charge in [-0.2, -0.15) is 0 Å². The van der Waals surface area contributed by atoms with Gasteiger partial charge in [-0.05, 0) is 18.2 Å². The van der Waals surface area contributed by atoms with E-state index in [1.165, 1.54) is 0 Å². The summed E-state index contributed by atoms with van der Waals surface area (Å²) in [6, 6.07) is 5.76. The minimum Gasteiger partial charge on any atom is -0.496 e. The smallest absolute Gasteiger partial charge is 0.151 e. The molecule has 0 radical (unpaired) electrons. The normalized spacial score (nSPS) is 16.3. The molecule has 2 rings (SSSR count). The number of ketones is 1. The van der Waals surface area contributed by atoms with Gasteiger partial charge in [0, 0.05) is 42.6 Å². The predicted molar refractivity (Wildman–Crippen MR) is 78.7 cm³/mol. The van der Waals surface area contributed by atoms with Crippen molar-refractivity contribution in [1.82, 2.24) is 10.2 Å². The number of methoxy groups -OCH3 is 1. The van der Waals surface area contributed by atoms with Gasteiger partial charge in [0.2, 0.25) is 0 Å². The number of nitrogens with zero attached hydrogens (tertiary/aromatic N) is 1. The molecule has 1 saturated heterocycles. The molecule has 0 aromatic heterocycles. The minimum atomic E-state index is 0.235. The van der Waals surface area contributed by atoms with Gasteiger partial charge < -0.3 is 10.1 Å². The standard InChI is InChI=1S/C14H19BrN2O2/c1-19-14-3-2-12(15)8-11(14)9-13(18)10-17-6-4-16-5-7-17/h2-3,8,16H,4-7,9-10H2,1H3. The van der Waals surface area contributed by atoms with E-state index in [1.807, 2.05) is 18.2 Å². The van der Waals surface area contributed by atoms with E-state index in [0.717, 1.165) is 42.0 Å². The minimum absolute atomic E-state index is 0.235. The molecule has 1 aliphatic heterocycles. The number of rotatable bonds is 5. The fourth-order valence-electron chi connectivity index (χ4n) is 2.27. The highest BCUT2D eigenvalue weighted by Gasteiger charge is 2.15. The van der Waals surface area contributed by atoms with Crippen molar-refractivity contribution in [3.63, 3.8) is 0 Å². The van der Waals surface area contributed by atoms with E-state index >= 15 is 0 Å². The van der Waals surface area contributed by atoms with E-state index in [4.69, 9.17) is 4.74 Å². The maximum absolute atomic E-state index is 12.1. The molecule has 19 heavy (non-hydrogen) atoms. The van der Waals surface area contributed by atoms with Crippen LogP contribution in [-0.2, 0) is 11.2 Å². The molecular formula is C14H19BrN2O2. The van der Waals surface area contributed by atoms with E-state index in [9.17, 15) is 4.79 Å². The van der Waals surface area contributed by atoms with Crippen LogP contribution in [0.3, 0.4) is 0 Å². The van der Waals surface area contributed by atoms with Crippen LogP contribution in [0.25, 0.3) is 0 Å². The number of Topliss-reactive ketones (excluding diaryl/α,β-unsaturated/α-hetero) is 1. The lowest BCUT2D eigenvalue weighted by Gasteiger charge is -2.26. The summed E-state index contributed by atoms with van der Waals surface area (Å²) < 4.78 is 6.27. The summed E-state index contributed by atoms with van der Waals surface area (Å²) in [6.07, 6.45) is 0.423. The summed E-state index contributed by atoms with van der Waals surface area (Å²) in [7, 11) is 1.63. The maximum atomic E-state index is 12.1. The van der Waals surface area contributed by atoms with Crippen molar-refractivity contribution in [2.24, 2.45) is 0 Å². The topological polar surface area (TPSA) is 41.6 Å². The third-order valence-electron chi connectivity index (χ3n) is 3.24. The molecule has 0 saturated carbocycles. The summed E-state index contributed by atoms with van der Waals surface area (Å²) in [6.45, 7) is 4.35. The Balaban J connectivity index is 1.95. The molecule has 1 heterocycles. The van der Waals surface area contributed by atoms with Crippen molar-refractivity contribution in [3.05, 3.63) is 28.2 Å². The number of halogens is 1. The molecule has 1 aromatic carbocycles. The highest BCUT2D eigenvalue weighted by molar-refractivity contribution is 9.10.